The minimum Gasteiger partial charge on any atom is -0.497 e. The zero-order valence-electron chi connectivity index (χ0n) is 26.1. The van der Waals surface area contributed by atoms with E-state index in [2.05, 4.69) is 41.7 Å². The Morgan fingerprint density at radius 1 is 0.717 bits per heavy atom. The maximum atomic E-state index is 13.1. The average molecular weight is 615 g/mol. The molecule has 46 heavy (non-hydrogen) atoms. The standard InChI is InChI=1S/C39H38N2O5/c1-41(39(44)40-23-22-28-14-18-32(19-15-28)31-9-4-3-5-10-31)34-12-7-11-33(26-34)36-20-16-29(17-21-38(42)43)25-37(36)46-27-30-8-6-13-35(24-30)45-2/h3-16,18-20,24-26H,17,21-23,27H2,1-2H3,(H,40,44)(H,42,43). The number of nitrogens with one attached hydrogen (secondary N) is 1. The highest BCUT2D eigenvalue weighted by Gasteiger charge is 2.14. The molecule has 0 bridgehead atoms. The van der Waals surface area contributed by atoms with Gasteiger partial charge < -0.3 is 19.9 Å². The third-order valence-corrected chi connectivity index (χ3v) is 7.80. The number of carboxylic acid groups (broad SMARTS) is 1. The number of aryl methyl sites for hydroxylation is 1. The van der Waals surface area contributed by atoms with Crippen molar-refractivity contribution < 1.29 is 24.2 Å². The Morgan fingerprint density at radius 2 is 1.43 bits per heavy atom. The lowest BCUT2D eigenvalue weighted by molar-refractivity contribution is -0.136. The van der Waals surface area contributed by atoms with E-state index in [9.17, 15) is 14.7 Å². The summed E-state index contributed by atoms with van der Waals surface area (Å²) in [5.41, 5.74) is 7.76. The normalized spacial score (nSPS) is 10.7. The number of carbonyl (C=O) groups is 2. The Kier molecular flexibility index (Phi) is 10.7. The molecule has 0 saturated carbocycles. The number of aliphatic carboxylic acids is 1. The molecule has 0 radical (unpaired) electrons. The molecule has 0 saturated heterocycles. The van der Waals surface area contributed by atoms with Crippen molar-refractivity contribution in [2.24, 2.45) is 0 Å². The first-order valence-corrected chi connectivity index (χ1v) is 15.3. The van der Waals surface area contributed by atoms with E-state index < -0.39 is 5.97 Å². The summed E-state index contributed by atoms with van der Waals surface area (Å²) >= 11 is 0. The molecule has 0 atom stereocenters. The average Bonchev–Trinajstić information content (AvgIpc) is 3.10. The van der Waals surface area contributed by atoms with Gasteiger partial charge in [0.05, 0.1) is 7.11 Å². The topological polar surface area (TPSA) is 88.1 Å². The highest BCUT2D eigenvalue weighted by molar-refractivity contribution is 5.92. The summed E-state index contributed by atoms with van der Waals surface area (Å²) in [5, 5.41) is 12.2. The number of urea groups is 1. The van der Waals surface area contributed by atoms with Crippen molar-refractivity contribution in [3.63, 3.8) is 0 Å². The molecule has 5 aromatic rings. The monoisotopic (exact) mass is 614 g/mol. The number of anilines is 1. The van der Waals surface area contributed by atoms with Crippen LogP contribution in [0.15, 0.2) is 121 Å². The van der Waals surface area contributed by atoms with E-state index in [0.717, 1.165) is 51.2 Å². The van der Waals surface area contributed by atoms with Gasteiger partial charge in [-0.2, -0.15) is 0 Å². The quantitative estimate of drug-likeness (QED) is 0.140. The van der Waals surface area contributed by atoms with Crippen LogP contribution in [-0.2, 0) is 24.2 Å². The molecule has 0 fully saturated rings. The molecule has 234 valence electrons. The number of methoxy groups -OCH3 is 1. The molecule has 0 heterocycles. The van der Waals surface area contributed by atoms with Crippen molar-refractivity contribution in [3.05, 3.63) is 138 Å². The molecule has 0 aromatic heterocycles. The van der Waals surface area contributed by atoms with Crippen LogP contribution in [0.3, 0.4) is 0 Å². The fourth-order valence-corrected chi connectivity index (χ4v) is 5.18. The maximum absolute atomic E-state index is 13.1. The van der Waals surface area contributed by atoms with Gasteiger partial charge >= 0.3 is 12.0 Å². The summed E-state index contributed by atoms with van der Waals surface area (Å²) in [5.74, 6) is 0.526. The number of carboxylic acids is 1. The van der Waals surface area contributed by atoms with Crippen molar-refractivity contribution in [3.8, 4) is 33.8 Å². The van der Waals surface area contributed by atoms with Crippen LogP contribution < -0.4 is 19.7 Å². The summed E-state index contributed by atoms with van der Waals surface area (Å²) in [6.45, 7) is 0.817. The molecule has 0 aliphatic carbocycles. The first-order chi connectivity index (χ1) is 22.4. The number of benzene rings is 5. The molecule has 0 unspecified atom stereocenters. The van der Waals surface area contributed by atoms with Crippen LogP contribution in [0.2, 0.25) is 0 Å². The zero-order chi connectivity index (χ0) is 32.3. The van der Waals surface area contributed by atoms with Crippen LogP contribution >= 0.6 is 0 Å². The van der Waals surface area contributed by atoms with Crippen LogP contribution in [-0.4, -0.2) is 37.8 Å². The van der Waals surface area contributed by atoms with E-state index in [1.54, 1.807) is 19.1 Å². The number of hydrogen-bond donors (Lipinski definition) is 2. The predicted molar refractivity (Wildman–Crippen MR) is 183 cm³/mol. The maximum Gasteiger partial charge on any atom is 0.321 e. The largest absolute Gasteiger partial charge is 0.497 e. The second kappa shape index (κ2) is 15.4. The van der Waals surface area contributed by atoms with Crippen molar-refractivity contribution in [1.82, 2.24) is 5.32 Å². The fraction of sp³-hybridized carbons (Fsp3) is 0.179. The predicted octanol–water partition coefficient (Wildman–Crippen LogP) is 8.01. The Bertz CT molecular complexity index is 1770. The van der Waals surface area contributed by atoms with Gasteiger partial charge in [-0.1, -0.05) is 91.0 Å². The lowest BCUT2D eigenvalue weighted by Crippen LogP contribution is -2.38. The van der Waals surface area contributed by atoms with Crippen molar-refractivity contribution in [1.29, 1.82) is 0 Å². The third-order valence-electron chi connectivity index (χ3n) is 7.80. The number of hydrogen-bond acceptors (Lipinski definition) is 4. The van der Waals surface area contributed by atoms with Crippen LogP contribution in [0.4, 0.5) is 10.5 Å². The van der Waals surface area contributed by atoms with Gasteiger partial charge in [0.15, 0.2) is 0 Å². The number of amides is 2. The molecule has 7 nitrogen and oxygen atoms in total. The summed E-state index contributed by atoms with van der Waals surface area (Å²) in [6, 6.07) is 39.6. The highest BCUT2D eigenvalue weighted by atomic mass is 16.5. The first kappa shape index (κ1) is 31.9. The molecule has 2 N–H and O–H groups in total. The summed E-state index contributed by atoms with van der Waals surface area (Å²) in [7, 11) is 3.37. The van der Waals surface area contributed by atoms with Crippen molar-refractivity contribution >= 4 is 17.7 Å². The number of carbonyl (C=O) groups excluding carboxylic acids is 1. The minimum atomic E-state index is -0.849. The van der Waals surface area contributed by atoms with E-state index in [1.807, 2.05) is 84.9 Å². The third kappa shape index (κ3) is 8.54. The van der Waals surface area contributed by atoms with E-state index in [4.69, 9.17) is 9.47 Å². The van der Waals surface area contributed by atoms with Crippen LogP contribution in [0, 0.1) is 0 Å². The van der Waals surface area contributed by atoms with E-state index in [0.29, 0.717) is 25.3 Å². The molecule has 2 amide bonds. The van der Waals surface area contributed by atoms with E-state index in [-0.39, 0.29) is 12.5 Å². The van der Waals surface area contributed by atoms with Crippen molar-refractivity contribution in [2.75, 3.05) is 25.6 Å². The van der Waals surface area contributed by atoms with Gasteiger partial charge in [-0.05, 0) is 76.6 Å². The Hall–Kier alpha value is -5.56. The SMILES string of the molecule is COc1cccc(COc2cc(CCC(=O)O)ccc2-c2cccc(N(C)C(=O)NCCc3ccc(-c4ccccc4)cc3)c2)c1. The molecule has 5 rings (SSSR count). The van der Waals surface area contributed by atoms with Crippen molar-refractivity contribution in [2.45, 2.75) is 25.9 Å². The molecule has 0 spiro atoms. The molecule has 5 aromatic carbocycles. The van der Waals surface area contributed by atoms with Crippen LogP contribution in [0.25, 0.3) is 22.3 Å². The van der Waals surface area contributed by atoms with E-state index in [1.165, 1.54) is 5.56 Å². The summed E-state index contributed by atoms with van der Waals surface area (Å²) in [4.78, 5) is 25.9. The molecular formula is C39H38N2O5. The molecule has 0 aliphatic heterocycles. The smallest absolute Gasteiger partial charge is 0.321 e. The Labute approximate surface area is 270 Å². The summed E-state index contributed by atoms with van der Waals surface area (Å²) in [6.07, 6.45) is 1.14. The summed E-state index contributed by atoms with van der Waals surface area (Å²) < 4.78 is 11.7. The number of ether oxygens (including phenoxy) is 2. The fourth-order valence-electron chi connectivity index (χ4n) is 5.18. The highest BCUT2D eigenvalue weighted by Crippen LogP contribution is 2.34. The Morgan fingerprint density at radius 3 is 2.20 bits per heavy atom. The van der Waals surface area contributed by atoms with E-state index >= 15 is 0 Å². The van der Waals surface area contributed by atoms with Gasteiger partial charge in [-0.25, -0.2) is 4.79 Å². The number of rotatable bonds is 13. The molecule has 0 aliphatic rings. The molecular weight excluding hydrogens is 576 g/mol. The Balaban J connectivity index is 1.26. The lowest BCUT2D eigenvalue weighted by Gasteiger charge is -2.20. The van der Waals surface area contributed by atoms with Gasteiger partial charge in [0, 0.05) is 31.3 Å². The molecule has 7 heteroatoms. The van der Waals surface area contributed by atoms with Gasteiger partial charge in [0.25, 0.3) is 0 Å². The first-order valence-electron chi connectivity index (χ1n) is 15.3. The minimum absolute atomic E-state index is 0.0308. The van der Waals surface area contributed by atoms with Gasteiger partial charge in [-0.3, -0.25) is 9.69 Å². The number of nitrogens with zero attached hydrogens (tertiary/aromatic N) is 1. The van der Waals surface area contributed by atoms with Crippen LogP contribution in [0.5, 0.6) is 11.5 Å². The second-order valence-electron chi connectivity index (χ2n) is 11.0. The van der Waals surface area contributed by atoms with Gasteiger partial charge in [-0.15, -0.1) is 0 Å². The lowest BCUT2D eigenvalue weighted by atomic mass is 10.00. The second-order valence-corrected chi connectivity index (χ2v) is 11.0. The zero-order valence-corrected chi connectivity index (χ0v) is 26.1. The van der Waals surface area contributed by atoms with Crippen LogP contribution in [0.1, 0.15) is 23.1 Å². The van der Waals surface area contributed by atoms with Gasteiger partial charge in [0.1, 0.15) is 18.1 Å². The van der Waals surface area contributed by atoms with Gasteiger partial charge in [0.2, 0.25) is 0 Å².